The van der Waals surface area contributed by atoms with Crippen molar-refractivity contribution in [2.24, 2.45) is 5.92 Å². The molecule has 1 fully saturated rings. The molecule has 1 aromatic heterocycles. The molecule has 4 aromatic rings. The molecule has 0 radical (unpaired) electrons. The minimum Gasteiger partial charge on any atom is -0.462 e. The van der Waals surface area contributed by atoms with Gasteiger partial charge in [-0.15, -0.1) is 0 Å². The Labute approximate surface area is 253 Å². The molecule has 43 heavy (non-hydrogen) atoms. The number of nitrogens with zero attached hydrogens (tertiary/aromatic N) is 2. The minimum absolute atomic E-state index is 0.217. The average Bonchev–Trinajstić information content (AvgIpc) is 3.45. The Kier molecular flexibility index (Phi) is 7.72. The molecule has 2 aliphatic heterocycles. The normalized spacial score (nSPS) is 19.1. The number of amides is 3. The van der Waals surface area contributed by atoms with Gasteiger partial charge in [-0.25, -0.2) is 14.1 Å². The van der Waals surface area contributed by atoms with Crippen LogP contribution < -0.4 is 15.1 Å². The summed E-state index contributed by atoms with van der Waals surface area (Å²) in [5.74, 6) is -3.70. The number of carbonyl (C=O) groups excluding carboxylic acids is 4. The average molecular weight is 618 g/mol. The number of nitrogens with one attached hydrogen (secondary N) is 1. The summed E-state index contributed by atoms with van der Waals surface area (Å²) >= 11 is 2.06. The lowest BCUT2D eigenvalue weighted by Gasteiger charge is -2.30. The van der Waals surface area contributed by atoms with E-state index in [2.05, 4.69) is 5.32 Å². The fourth-order valence-electron chi connectivity index (χ4n) is 5.37. The number of carbonyl (C=O) groups is 4. The van der Waals surface area contributed by atoms with Crippen molar-refractivity contribution in [3.05, 3.63) is 110 Å². The molecule has 218 valence electrons. The Morgan fingerprint density at radius 1 is 0.930 bits per heavy atom. The highest BCUT2D eigenvalue weighted by Gasteiger charge is 2.56. The zero-order chi connectivity index (χ0) is 30.2. The third-order valence-corrected chi connectivity index (χ3v) is 9.88. The van der Waals surface area contributed by atoms with Crippen molar-refractivity contribution in [2.75, 3.05) is 16.8 Å². The Morgan fingerprint density at radius 2 is 1.63 bits per heavy atom. The number of halogens is 1. The molecule has 1 N–H and O–H groups in total. The van der Waals surface area contributed by atoms with E-state index in [1.54, 1.807) is 6.92 Å². The molecule has 3 aromatic carbocycles. The summed E-state index contributed by atoms with van der Waals surface area (Å²) in [4.78, 5) is 67.5. The van der Waals surface area contributed by atoms with Gasteiger partial charge >= 0.3 is 10.8 Å². The van der Waals surface area contributed by atoms with Crippen LogP contribution in [0.25, 0.3) is 0 Å². The minimum atomic E-state index is -0.852. The van der Waals surface area contributed by atoms with E-state index >= 15 is 0 Å². The maximum atomic E-state index is 14.0. The monoisotopic (exact) mass is 617 g/mol. The third kappa shape index (κ3) is 5.28. The number of esters is 1. The number of thiazole rings is 1. The molecule has 3 atom stereocenters. The second-order valence-corrected chi connectivity index (χ2v) is 12.0. The van der Waals surface area contributed by atoms with Crippen LogP contribution in [-0.2, 0) is 25.7 Å². The summed E-state index contributed by atoms with van der Waals surface area (Å²) in [6, 6.07) is 20.5. The second-order valence-electron chi connectivity index (χ2n) is 9.91. The molecule has 0 spiro atoms. The summed E-state index contributed by atoms with van der Waals surface area (Å²) in [5, 5.41) is 2.27. The molecule has 6 rings (SSSR count). The Bertz CT molecular complexity index is 1790. The van der Waals surface area contributed by atoms with Crippen LogP contribution in [0.5, 0.6) is 0 Å². The quantitative estimate of drug-likeness (QED) is 0.237. The van der Waals surface area contributed by atoms with Crippen LogP contribution >= 0.6 is 23.1 Å². The molecule has 0 unspecified atom stereocenters. The lowest BCUT2D eigenvalue weighted by Crippen LogP contribution is -2.33. The van der Waals surface area contributed by atoms with Crippen LogP contribution in [0.2, 0.25) is 0 Å². The number of hydrogen-bond acceptors (Lipinski definition) is 8. The smallest absolute Gasteiger partial charge is 0.338 e. The van der Waals surface area contributed by atoms with Crippen LogP contribution in [0.15, 0.2) is 88.7 Å². The highest BCUT2D eigenvalue weighted by atomic mass is 32.2. The zero-order valence-corrected chi connectivity index (χ0v) is 24.3. The molecular formula is C31H24FN3O6S2. The summed E-state index contributed by atoms with van der Waals surface area (Å²) in [5.41, 5.74) is 1.76. The molecule has 2 aliphatic rings. The third-order valence-electron chi connectivity index (χ3n) is 7.27. The molecule has 0 aliphatic carbocycles. The fourth-order valence-corrected chi connectivity index (χ4v) is 8.14. The number of hydrogen-bond donors (Lipinski definition) is 1. The van der Waals surface area contributed by atoms with Gasteiger partial charge in [0.15, 0.2) is 0 Å². The van der Waals surface area contributed by atoms with E-state index in [0.29, 0.717) is 26.8 Å². The number of benzene rings is 3. The van der Waals surface area contributed by atoms with Crippen molar-refractivity contribution in [3.8, 4) is 0 Å². The maximum absolute atomic E-state index is 14.0. The number of fused-ring (bicyclic) bond motifs is 2. The van der Waals surface area contributed by atoms with Gasteiger partial charge in [0.1, 0.15) is 17.6 Å². The van der Waals surface area contributed by atoms with Gasteiger partial charge in [-0.05, 0) is 61.0 Å². The number of imide groups is 1. The van der Waals surface area contributed by atoms with E-state index in [1.165, 1.54) is 53.1 Å². The van der Waals surface area contributed by atoms with Crippen LogP contribution in [0.1, 0.15) is 33.6 Å². The number of anilines is 2. The van der Waals surface area contributed by atoms with E-state index in [9.17, 15) is 28.4 Å². The van der Waals surface area contributed by atoms with Crippen LogP contribution in [0.3, 0.4) is 0 Å². The van der Waals surface area contributed by atoms with Crippen LogP contribution in [0.4, 0.5) is 15.8 Å². The maximum Gasteiger partial charge on any atom is 0.338 e. The Morgan fingerprint density at radius 3 is 2.30 bits per heavy atom. The highest BCUT2D eigenvalue weighted by molar-refractivity contribution is 8.00. The van der Waals surface area contributed by atoms with Crippen molar-refractivity contribution in [1.29, 1.82) is 0 Å². The molecule has 9 nitrogen and oxygen atoms in total. The van der Waals surface area contributed by atoms with E-state index < -0.39 is 46.6 Å². The van der Waals surface area contributed by atoms with Crippen molar-refractivity contribution in [2.45, 2.75) is 29.7 Å². The van der Waals surface area contributed by atoms with Gasteiger partial charge in [-0.3, -0.25) is 23.7 Å². The van der Waals surface area contributed by atoms with Crippen molar-refractivity contribution >= 4 is 58.2 Å². The van der Waals surface area contributed by atoms with Crippen molar-refractivity contribution in [3.63, 3.8) is 0 Å². The van der Waals surface area contributed by atoms with E-state index in [4.69, 9.17) is 4.74 Å². The van der Waals surface area contributed by atoms with Crippen molar-refractivity contribution in [1.82, 2.24) is 4.57 Å². The van der Waals surface area contributed by atoms with Gasteiger partial charge < -0.3 is 10.1 Å². The number of aromatic nitrogens is 1. The number of ether oxygens (including phenoxy) is 1. The van der Waals surface area contributed by atoms with E-state index in [0.717, 1.165) is 33.6 Å². The lowest BCUT2D eigenvalue weighted by molar-refractivity contribution is -0.122. The summed E-state index contributed by atoms with van der Waals surface area (Å²) in [7, 11) is 0. The van der Waals surface area contributed by atoms with Gasteiger partial charge in [-0.1, -0.05) is 53.4 Å². The number of thioether (sulfide) groups is 1. The fraction of sp³-hybridized carbons (Fsp3) is 0.194. The van der Waals surface area contributed by atoms with Crippen molar-refractivity contribution < 1.29 is 28.3 Å². The van der Waals surface area contributed by atoms with Gasteiger partial charge in [0, 0.05) is 16.5 Å². The van der Waals surface area contributed by atoms with Gasteiger partial charge in [0.05, 0.1) is 28.8 Å². The zero-order valence-electron chi connectivity index (χ0n) is 22.7. The Balaban J connectivity index is 1.35. The molecule has 3 amide bonds. The first-order valence-corrected chi connectivity index (χ1v) is 15.1. The standard InChI is InChI=1S/C31H24FN3O6S2/c1-2-41-30(39)18-8-14-21(15-9-18)35-27(37)24-23(17-6-4-3-5-7-17)26-29(42-25(24)28(35)38)34(31(40)43-26)16-22(36)33-20-12-10-19(32)11-13-20/h3-15,23-25H,2,16H2,1H3,(H,33,36)/t23-,24-,25+/m0/s1. The lowest BCUT2D eigenvalue weighted by atomic mass is 9.83. The van der Waals surface area contributed by atoms with E-state index in [-0.39, 0.29) is 18.0 Å². The first-order chi connectivity index (χ1) is 20.8. The van der Waals surface area contributed by atoms with Gasteiger partial charge in [0.2, 0.25) is 17.7 Å². The summed E-state index contributed by atoms with van der Waals surface area (Å²) in [6.07, 6.45) is 0. The predicted molar refractivity (Wildman–Crippen MR) is 160 cm³/mol. The topological polar surface area (TPSA) is 115 Å². The molecule has 3 heterocycles. The highest BCUT2D eigenvalue weighted by Crippen LogP contribution is 2.53. The first kappa shape index (κ1) is 28.6. The first-order valence-electron chi connectivity index (χ1n) is 13.4. The molecule has 0 bridgehead atoms. The SMILES string of the molecule is CCOC(=O)c1ccc(N2C(=O)[C@H]3[C@H](c4ccccc4)c4sc(=O)n(CC(=O)Nc5ccc(F)cc5)c4S[C@H]3C2=O)cc1. The molecular weight excluding hydrogens is 593 g/mol. The second kappa shape index (κ2) is 11.6. The van der Waals surface area contributed by atoms with E-state index in [1.807, 2.05) is 30.3 Å². The largest absolute Gasteiger partial charge is 0.462 e. The van der Waals surface area contributed by atoms with Crippen LogP contribution in [-0.4, -0.2) is 40.1 Å². The summed E-state index contributed by atoms with van der Waals surface area (Å²) in [6.45, 7) is 1.59. The number of rotatable bonds is 7. The molecule has 1 saturated heterocycles. The predicted octanol–water partition coefficient (Wildman–Crippen LogP) is 4.66. The van der Waals surface area contributed by atoms with Crippen LogP contribution in [0, 0.1) is 11.7 Å². The van der Waals surface area contributed by atoms with Gasteiger partial charge in [0.25, 0.3) is 0 Å². The molecule has 0 saturated carbocycles. The van der Waals surface area contributed by atoms with Gasteiger partial charge in [-0.2, -0.15) is 0 Å². The molecule has 12 heteroatoms. The summed E-state index contributed by atoms with van der Waals surface area (Å²) < 4.78 is 19.6. The Hall–Kier alpha value is -4.55.